The molecule has 2 heterocycles. The zero-order valence-electron chi connectivity index (χ0n) is 17.6. The van der Waals surface area contributed by atoms with E-state index in [-0.39, 0.29) is 12.4 Å². The van der Waals surface area contributed by atoms with Crippen LogP contribution in [0.1, 0.15) is 47.2 Å². The molecule has 0 spiro atoms. The van der Waals surface area contributed by atoms with Crippen LogP contribution in [0.25, 0.3) is 11.4 Å². The molecule has 0 atom stereocenters. The molecule has 8 nitrogen and oxygen atoms in total. The Bertz CT molecular complexity index is 856. The van der Waals surface area contributed by atoms with Crippen LogP contribution < -0.4 is 4.90 Å². The number of aliphatic hydroxyl groups excluding tert-OH is 1. The maximum absolute atomic E-state index is 12.7. The van der Waals surface area contributed by atoms with Crippen molar-refractivity contribution in [2.45, 2.75) is 59.4 Å². The van der Waals surface area contributed by atoms with E-state index < -0.39 is 23.4 Å². The van der Waals surface area contributed by atoms with Gasteiger partial charge in [-0.05, 0) is 65.8 Å². The molecule has 0 saturated heterocycles. The Balaban J connectivity index is 2.47. The third-order valence-electron chi connectivity index (χ3n) is 3.35. The summed E-state index contributed by atoms with van der Waals surface area (Å²) >= 11 is 0. The second kappa shape index (κ2) is 8.57. The van der Waals surface area contributed by atoms with E-state index >= 15 is 0 Å². The van der Waals surface area contributed by atoms with Crippen LogP contribution in [0, 0.1) is 0 Å². The predicted molar refractivity (Wildman–Crippen MR) is 108 cm³/mol. The molecule has 1 N–H and O–H groups in total. The summed E-state index contributed by atoms with van der Waals surface area (Å²) in [6, 6.07) is 9.98. The van der Waals surface area contributed by atoms with Gasteiger partial charge in [0.2, 0.25) is 0 Å². The van der Waals surface area contributed by atoms with Crippen molar-refractivity contribution in [1.29, 1.82) is 0 Å². The highest BCUT2D eigenvalue weighted by atomic mass is 16.6. The first-order valence-corrected chi connectivity index (χ1v) is 9.20. The van der Waals surface area contributed by atoms with Crippen LogP contribution in [-0.2, 0) is 16.1 Å². The lowest BCUT2D eigenvalue weighted by molar-refractivity contribution is 0.0429. The molecule has 29 heavy (non-hydrogen) atoms. The minimum atomic E-state index is -0.895. The van der Waals surface area contributed by atoms with Crippen LogP contribution in [0.4, 0.5) is 15.4 Å². The van der Waals surface area contributed by atoms with Crippen LogP contribution in [0.5, 0.6) is 0 Å². The second-order valence-corrected chi connectivity index (χ2v) is 8.35. The molecule has 8 heteroatoms. The van der Waals surface area contributed by atoms with E-state index in [1.165, 1.54) is 6.07 Å². The summed E-state index contributed by atoms with van der Waals surface area (Å²) < 4.78 is 10.7. The monoisotopic (exact) mass is 401 g/mol. The number of amides is 2. The Morgan fingerprint density at radius 3 is 1.83 bits per heavy atom. The fourth-order valence-corrected chi connectivity index (χ4v) is 2.28. The number of aliphatic hydroxyl groups is 1. The Labute approximate surface area is 170 Å². The van der Waals surface area contributed by atoms with Gasteiger partial charge < -0.3 is 14.6 Å². The number of aromatic nitrogens is 2. The smallest absolute Gasteiger partial charge is 0.425 e. The van der Waals surface area contributed by atoms with Gasteiger partial charge in [-0.15, -0.1) is 0 Å². The zero-order valence-corrected chi connectivity index (χ0v) is 17.6. The molecule has 0 aliphatic rings. The number of carbonyl (C=O) groups excluding carboxylic acids is 2. The van der Waals surface area contributed by atoms with Crippen molar-refractivity contribution in [3.05, 3.63) is 42.1 Å². The summed E-state index contributed by atoms with van der Waals surface area (Å²) in [5, 5.41) is 9.30. The SMILES string of the molecule is CC(C)(C)OC(=O)N(C(=O)OC(C)(C)C)c1cccc(-c2cccc(CO)n2)n1. The van der Waals surface area contributed by atoms with Gasteiger partial charge >= 0.3 is 12.2 Å². The predicted octanol–water partition coefficient (Wildman–Crippen LogP) is 4.31. The highest BCUT2D eigenvalue weighted by Crippen LogP contribution is 2.23. The van der Waals surface area contributed by atoms with E-state index in [1.807, 2.05) is 0 Å². The molecule has 0 bridgehead atoms. The van der Waals surface area contributed by atoms with Crippen molar-refractivity contribution < 1.29 is 24.2 Å². The van der Waals surface area contributed by atoms with E-state index in [0.29, 0.717) is 17.1 Å². The highest BCUT2D eigenvalue weighted by Gasteiger charge is 2.33. The summed E-state index contributed by atoms with van der Waals surface area (Å²) in [6.07, 6.45) is -1.79. The van der Waals surface area contributed by atoms with Gasteiger partial charge in [0.15, 0.2) is 0 Å². The third kappa shape index (κ3) is 6.53. The molecular formula is C21H27N3O5. The summed E-state index contributed by atoms with van der Waals surface area (Å²) in [4.78, 5) is 35.0. The van der Waals surface area contributed by atoms with Crippen LogP contribution >= 0.6 is 0 Å². The lowest BCUT2D eigenvalue weighted by Crippen LogP contribution is -2.44. The number of rotatable bonds is 3. The van der Waals surface area contributed by atoms with Crippen LogP contribution in [0.3, 0.4) is 0 Å². The highest BCUT2D eigenvalue weighted by molar-refractivity contribution is 6.08. The molecule has 156 valence electrons. The van der Waals surface area contributed by atoms with Crippen molar-refractivity contribution >= 4 is 18.0 Å². The van der Waals surface area contributed by atoms with E-state index in [1.54, 1.807) is 71.9 Å². The Kier molecular flexibility index (Phi) is 6.58. The van der Waals surface area contributed by atoms with Gasteiger partial charge in [-0.25, -0.2) is 19.6 Å². The normalized spacial score (nSPS) is 11.7. The average molecular weight is 401 g/mol. The maximum Gasteiger partial charge on any atom is 0.425 e. The fourth-order valence-electron chi connectivity index (χ4n) is 2.28. The molecular weight excluding hydrogens is 374 g/mol. The number of imide groups is 1. The number of anilines is 1. The molecule has 0 aliphatic heterocycles. The summed E-state index contributed by atoms with van der Waals surface area (Å²) in [5.74, 6) is 0.0437. The standard InChI is InChI=1S/C21H27N3O5/c1-20(2,3)28-18(26)24(19(27)29-21(4,5)6)17-12-8-11-16(23-17)15-10-7-9-14(13-25)22-15/h7-12,25H,13H2,1-6H3. The Morgan fingerprint density at radius 2 is 1.34 bits per heavy atom. The number of hydrogen-bond acceptors (Lipinski definition) is 7. The third-order valence-corrected chi connectivity index (χ3v) is 3.35. The minimum Gasteiger partial charge on any atom is -0.443 e. The molecule has 2 amide bonds. The van der Waals surface area contributed by atoms with Crippen molar-refractivity contribution in [2.24, 2.45) is 0 Å². The lowest BCUT2D eigenvalue weighted by atomic mass is 10.2. The number of carbonyl (C=O) groups is 2. The van der Waals surface area contributed by atoms with Crippen LogP contribution in [0.15, 0.2) is 36.4 Å². The molecule has 0 aromatic carbocycles. The van der Waals surface area contributed by atoms with Crippen LogP contribution in [0.2, 0.25) is 0 Å². The molecule has 2 aromatic heterocycles. The van der Waals surface area contributed by atoms with Crippen LogP contribution in [-0.4, -0.2) is 38.5 Å². The molecule has 2 aromatic rings. The minimum absolute atomic E-state index is 0.0437. The quantitative estimate of drug-likeness (QED) is 0.817. The zero-order chi connectivity index (χ0) is 21.8. The van der Waals surface area contributed by atoms with Gasteiger partial charge in [-0.3, -0.25) is 0 Å². The second-order valence-electron chi connectivity index (χ2n) is 8.35. The first-order chi connectivity index (χ1) is 13.4. The largest absolute Gasteiger partial charge is 0.443 e. The molecule has 0 fully saturated rings. The van der Waals surface area contributed by atoms with Gasteiger partial charge in [0.05, 0.1) is 23.7 Å². The van der Waals surface area contributed by atoms with E-state index in [2.05, 4.69) is 9.97 Å². The van der Waals surface area contributed by atoms with Gasteiger partial charge in [-0.2, -0.15) is 4.90 Å². The van der Waals surface area contributed by atoms with Crippen molar-refractivity contribution in [3.63, 3.8) is 0 Å². The fraction of sp³-hybridized carbons (Fsp3) is 0.429. The summed E-state index contributed by atoms with van der Waals surface area (Å²) in [5.41, 5.74) is -0.231. The van der Waals surface area contributed by atoms with Gasteiger partial charge in [-0.1, -0.05) is 12.1 Å². The first-order valence-electron chi connectivity index (χ1n) is 9.20. The lowest BCUT2D eigenvalue weighted by Gasteiger charge is -2.28. The number of pyridine rings is 2. The Morgan fingerprint density at radius 1 is 0.862 bits per heavy atom. The number of hydrogen-bond donors (Lipinski definition) is 1. The van der Waals surface area contributed by atoms with E-state index in [9.17, 15) is 14.7 Å². The maximum atomic E-state index is 12.7. The first kappa shape index (κ1) is 22.3. The van der Waals surface area contributed by atoms with Crippen molar-refractivity contribution in [2.75, 3.05) is 4.90 Å². The van der Waals surface area contributed by atoms with E-state index in [4.69, 9.17) is 9.47 Å². The van der Waals surface area contributed by atoms with Gasteiger partial charge in [0.1, 0.15) is 17.0 Å². The molecule has 0 radical (unpaired) electrons. The molecule has 0 saturated carbocycles. The average Bonchev–Trinajstić information content (AvgIpc) is 2.59. The molecule has 2 rings (SSSR count). The summed E-state index contributed by atoms with van der Waals surface area (Å²) in [6.45, 7) is 9.99. The number of ether oxygens (including phenoxy) is 2. The molecule has 0 aliphatic carbocycles. The van der Waals surface area contributed by atoms with E-state index in [0.717, 1.165) is 4.90 Å². The van der Waals surface area contributed by atoms with Crippen molar-refractivity contribution in [1.82, 2.24) is 9.97 Å². The van der Waals surface area contributed by atoms with Gasteiger partial charge in [0, 0.05) is 0 Å². The topological polar surface area (TPSA) is 102 Å². The summed E-state index contributed by atoms with van der Waals surface area (Å²) in [7, 11) is 0. The van der Waals surface area contributed by atoms with Crippen molar-refractivity contribution in [3.8, 4) is 11.4 Å². The Hall–Kier alpha value is -3.00. The number of nitrogens with zero attached hydrogens (tertiary/aromatic N) is 3. The van der Waals surface area contributed by atoms with Gasteiger partial charge in [0.25, 0.3) is 0 Å². The molecule has 0 unspecified atom stereocenters.